The number of aromatic nitrogens is 2. The van der Waals surface area contributed by atoms with Crippen LogP contribution in [0.4, 0.5) is 5.82 Å². The lowest BCUT2D eigenvalue weighted by molar-refractivity contribution is 0.629. The Hall–Kier alpha value is -0.880. The Morgan fingerprint density at radius 2 is 2.28 bits per heavy atom. The van der Waals surface area contributed by atoms with Crippen molar-refractivity contribution in [3.05, 3.63) is 16.8 Å². The van der Waals surface area contributed by atoms with Gasteiger partial charge in [0.1, 0.15) is 4.99 Å². The van der Waals surface area contributed by atoms with Crippen molar-refractivity contribution in [2.45, 2.75) is 20.3 Å². The first kappa shape index (κ1) is 13.5. The summed E-state index contributed by atoms with van der Waals surface area (Å²) in [6, 6.07) is 0. The molecule has 3 N–H and O–H groups in total. The molecule has 0 bridgehead atoms. The van der Waals surface area contributed by atoms with Crippen LogP contribution in [0.15, 0.2) is 0 Å². The Labute approximate surface area is 117 Å². The Morgan fingerprint density at radius 3 is 2.89 bits per heavy atom. The maximum Gasteiger partial charge on any atom is 0.159 e. The van der Waals surface area contributed by atoms with Crippen molar-refractivity contribution < 1.29 is 0 Å². The van der Waals surface area contributed by atoms with E-state index >= 15 is 0 Å². The molecule has 1 aromatic rings. The molecule has 0 saturated carbocycles. The van der Waals surface area contributed by atoms with E-state index in [0.29, 0.717) is 10.9 Å². The molecule has 1 atom stereocenters. The molecule has 1 aliphatic heterocycles. The van der Waals surface area contributed by atoms with E-state index in [1.807, 2.05) is 25.6 Å². The number of thiocarbonyl (C=S) groups is 1. The van der Waals surface area contributed by atoms with E-state index in [-0.39, 0.29) is 0 Å². The standard InChI is InChI=1S/C12H18N4S2/c1-7-8(2)15-16-12(10(7)11(13)17)14-5-9-3-4-18-6-9/h9H,3-6H2,1-2H3,(H2,13,17)(H,14,16). The molecule has 98 valence electrons. The van der Waals surface area contributed by atoms with Gasteiger partial charge in [-0.2, -0.15) is 16.9 Å². The van der Waals surface area contributed by atoms with Crippen LogP contribution < -0.4 is 11.1 Å². The molecule has 0 aliphatic carbocycles. The van der Waals surface area contributed by atoms with Gasteiger partial charge in [-0.15, -0.1) is 5.10 Å². The van der Waals surface area contributed by atoms with Crippen LogP contribution in [0.3, 0.4) is 0 Å². The van der Waals surface area contributed by atoms with Crippen LogP contribution in [0.25, 0.3) is 0 Å². The molecule has 4 nitrogen and oxygen atoms in total. The number of nitrogens with one attached hydrogen (secondary N) is 1. The Kier molecular flexibility index (Phi) is 4.40. The quantitative estimate of drug-likeness (QED) is 0.822. The second-order valence-corrected chi connectivity index (χ2v) is 6.20. The van der Waals surface area contributed by atoms with Gasteiger partial charge < -0.3 is 11.1 Å². The molecular weight excluding hydrogens is 264 g/mol. The van der Waals surface area contributed by atoms with E-state index < -0.39 is 0 Å². The minimum atomic E-state index is 0.383. The molecule has 1 unspecified atom stereocenters. The molecular formula is C12H18N4S2. The lowest BCUT2D eigenvalue weighted by Crippen LogP contribution is -2.21. The van der Waals surface area contributed by atoms with Gasteiger partial charge >= 0.3 is 0 Å². The molecule has 0 amide bonds. The zero-order valence-corrected chi connectivity index (χ0v) is 12.3. The molecule has 2 heterocycles. The number of anilines is 1. The van der Waals surface area contributed by atoms with Crippen LogP contribution in [-0.2, 0) is 0 Å². The lowest BCUT2D eigenvalue weighted by atomic mass is 10.1. The van der Waals surface area contributed by atoms with Gasteiger partial charge in [-0.05, 0) is 43.3 Å². The highest BCUT2D eigenvalue weighted by Gasteiger charge is 2.18. The van der Waals surface area contributed by atoms with E-state index in [0.717, 1.165) is 29.2 Å². The third-order valence-corrected chi connectivity index (χ3v) is 4.72. The average molecular weight is 282 g/mol. The second kappa shape index (κ2) is 5.84. The van der Waals surface area contributed by atoms with Gasteiger partial charge in [0.25, 0.3) is 0 Å². The highest BCUT2D eigenvalue weighted by molar-refractivity contribution is 7.99. The van der Waals surface area contributed by atoms with Crippen LogP contribution in [0, 0.1) is 19.8 Å². The van der Waals surface area contributed by atoms with Gasteiger partial charge in [-0.1, -0.05) is 12.2 Å². The number of thioether (sulfide) groups is 1. The van der Waals surface area contributed by atoms with Crippen LogP contribution >= 0.6 is 24.0 Å². The summed E-state index contributed by atoms with van der Waals surface area (Å²) < 4.78 is 0. The minimum Gasteiger partial charge on any atom is -0.389 e. The Morgan fingerprint density at radius 1 is 1.50 bits per heavy atom. The van der Waals surface area contributed by atoms with Crippen LogP contribution in [-0.4, -0.2) is 33.2 Å². The molecule has 1 aromatic heterocycles. The molecule has 1 fully saturated rings. The fourth-order valence-corrected chi connectivity index (χ4v) is 3.55. The molecule has 2 rings (SSSR count). The minimum absolute atomic E-state index is 0.383. The summed E-state index contributed by atoms with van der Waals surface area (Å²) in [4.78, 5) is 0.383. The summed E-state index contributed by atoms with van der Waals surface area (Å²) in [5.74, 6) is 3.90. The van der Waals surface area contributed by atoms with Crippen molar-refractivity contribution in [2.24, 2.45) is 11.7 Å². The van der Waals surface area contributed by atoms with Crippen LogP contribution in [0.2, 0.25) is 0 Å². The van der Waals surface area contributed by atoms with Crippen molar-refractivity contribution in [3.63, 3.8) is 0 Å². The van der Waals surface area contributed by atoms with Crippen molar-refractivity contribution in [2.75, 3.05) is 23.4 Å². The molecule has 6 heteroatoms. The number of aryl methyl sites for hydroxylation is 1. The topological polar surface area (TPSA) is 63.8 Å². The molecule has 1 aliphatic rings. The summed E-state index contributed by atoms with van der Waals surface area (Å²) in [7, 11) is 0. The zero-order chi connectivity index (χ0) is 13.1. The first-order valence-corrected chi connectivity index (χ1v) is 7.61. The van der Waals surface area contributed by atoms with Gasteiger partial charge in [0, 0.05) is 6.54 Å². The molecule has 0 radical (unpaired) electrons. The van der Waals surface area contributed by atoms with Crippen LogP contribution in [0.1, 0.15) is 23.2 Å². The maximum absolute atomic E-state index is 5.79. The third kappa shape index (κ3) is 2.92. The second-order valence-electron chi connectivity index (χ2n) is 4.61. The average Bonchev–Trinajstić information content (AvgIpc) is 2.83. The van der Waals surface area contributed by atoms with Gasteiger partial charge in [0.15, 0.2) is 5.82 Å². The van der Waals surface area contributed by atoms with E-state index in [2.05, 4.69) is 15.5 Å². The first-order chi connectivity index (χ1) is 8.59. The number of hydrogen-bond donors (Lipinski definition) is 2. The van der Waals surface area contributed by atoms with E-state index in [4.69, 9.17) is 18.0 Å². The van der Waals surface area contributed by atoms with Crippen molar-refractivity contribution in [1.82, 2.24) is 10.2 Å². The predicted molar refractivity (Wildman–Crippen MR) is 81.3 cm³/mol. The first-order valence-electron chi connectivity index (χ1n) is 6.05. The van der Waals surface area contributed by atoms with Gasteiger partial charge in [0.2, 0.25) is 0 Å². The number of hydrogen-bond acceptors (Lipinski definition) is 5. The molecule has 18 heavy (non-hydrogen) atoms. The summed E-state index contributed by atoms with van der Waals surface area (Å²) in [5, 5.41) is 11.7. The van der Waals surface area contributed by atoms with Crippen molar-refractivity contribution in [1.29, 1.82) is 0 Å². The molecule has 1 saturated heterocycles. The highest BCUT2D eigenvalue weighted by Crippen LogP contribution is 2.24. The summed E-state index contributed by atoms with van der Waals surface area (Å²) >= 11 is 7.12. The van der Waals surface area contributed by atoms with E-state index in [1.54, 1.807) is 0 Å². The molecule has 0 spiro atoms. The zero-order valence-electron chi connectivity index (χ0n) is 10.7. The highest BCUT2D eigenvalue weighted by atomic mass is 32.2. The third-order valence-electron chi connectivity index (χ3n) is 3.28. The monoisotopic (exact) mass is 282 g/mol. The number of nitrogens with two attached hydrogens (primary N) is 1. The van der Waals surface area contributed by atoms with Crippen molar-refractivity contribution in [3.8, 4) is 0 Å². The Bertz CT molecular complexity index is 456. The van der Waals surface area contributed by atoms with Gasteiger partial charge in [0.05, 0.1) is 11.3 Å². The van der Waals surface area contributed by atoms with E-state index in [1.165, 1.54) is 17.9 Å². The van der Waals surface area contributed by atoms with Gasteiger partial charge in [-0.25, -0.2) is 0 Å². The van der Waals surface area contributed by atoms with Gasteiger partial charge in [-0.3, -0.25) is 0 Å². The number of nitrogens with zero attached hydrogens (tertiary/aromatic N) is 2. The van der Waals surface area contributed by atoms with Crippen LogP contribution in [0.5, 0.6) is 0 Å². The summed E-state index contributed by atoms with van der Waals surface area (Å²) in [5.41, 5.74) is 8.51. The number of rotatable bonds is 4. The summed E-state index contributed by atoms with van der Waals surface area (Å²) in [6.07, 6.45) is 1.26. The lowest BCUT2D eigenvalue weighted by Gasteiger charge is -2.15. The fraction of sp³-hybridized carbons (Fsp3) is 0.583. The largest absolute Gasteiger partial charge is 0.389 e. The van der Waals surface area contributed by atoms with Crippen molar-refractivity contribution >= 4 is 34.8 Å². The SMILES string of the molecule is Cc1nnc(NCC2CCSC2)c(C(N)=S)c1C. The predicted octanol–water partition coefficient (Wildman–Crippen LogP) is 1.89. The Balaban J connectivity index is 2.16. The summed E-state index contributed by atoms with van der Waals surface area (Å²) in [6.45, 7) is 4.82. The normalized spacial score (nSPS) is 18.9. The maximum atomic E-state index is 5.79. The smallest absolute Gasteiger partial charge is 0.159 e. The van der Waals surface area contributed by atoms with E-state index in [9.17, 15) is 0 Å². The molecule has 0 aromatic carbocycles. The fourth-order valence-electron chi connectivity index (χ4n) is 2.02.